The average molecular weight is 348 g/mol. The summed E-state index contributed by atoms with van der Waals surface area (Å²) in [6, 6.07) is 7.09. The van der Waals surface area contributed by atoms with Crippen LogP contribution in [-0.4, -0.2) is 43.1 Å². The quantitative estimate of drug-likeness (QED) is 0.542. The minimum atomic E-state index is -0.155. The maximum absolute atomic E-state index is 9.48. The highest BCUT2D eigenvalue weighted by atomic mass is 35.5. The van der Waals surface area contributed by atoms with E-state index >= 15 is 0 Å². The van der Waals surface area contributed by atoms with Gasteiger partial charge in [-0.15, -0.1) is 5.10 Å². The van der Waals surface area contributed by atoms with E-state index in [9.17, 15) is 5.11 Å². The fraction of sp³-hybridized carbons (Fsp3) is 0.333. The van der Waals surface area contributed by atoms with Crippen molar-refractivity contribution in [2.24, 2.45) is 5.92 Å². The summed E-state index contributed by atoms with van der Waals surface area (Å²) in [5, 5.41) is 27.1. The summed E-state index contributed by atoms with van der Waals surface area (Å²) in [7, 11) is 0. The Hall–Kier alpha value is -2.45. The molecule has 24 heavy (non-hydrogen) atoms. The molecule has 126 valence electrons. The molecule has 0 radical (unpaired) electrons. The van der Waals surface area contributed by atoms with Crippen LogP contribution in [0.15, 0.2) is 24.3 Å². The lowest BCUT2D eigenvalue weighted by Gasteiger charge is -2.20. The van der Waals surface area contributed by atoms with Gasteiger partial charge in [-0.3, -0.25) is 0 Å². The van der Waals surface area contributed by atoms with Crippen molar-refractivity contribution in [1.29, 1.82) is 0 Å². The molecule has 8 nitrogen and oxygen atoms in total. The van der Waals surface area contributed by atoms with Crippen molar-refractivity contribution in [3.63, 3.8) is 0 Å². The van der Waals surface area contributed by atoms with Crippen molar-refractivity contribution >= 4 is 40.2 Å². The van der Waals surface area contributed by atoms with Gasteiger partial charge in [0.05, 0.1) is 12.6 Å². The van der Waals surface area contributed by atoms with Crippen LogP contribution < -0.4 is 10.6 Å². The van der Waals surface area contributed by atoms with Crippen LogP contribution in [0.1, 0.15) is 13.8 Å². The first-order valence-corrected chi connectivity index (χ1v) is 7.93. The van der Waals surface area contributed by atoms with Crippen LogP contribution in [0.2, 0.25) is 5.02 Å². The monoisotopic (exact) mass is 347 g/mol. The molecular formula is C15H18ClN7O. The highest BCUT2D eigenvalue weighted by Crippen LogP contribution is 2.24. The molecule has 2 heterocycles. The Bertz CT molecular complexity index is 818. The van der Waals surface area contributed by atoms with Gasteiger partial charge in [-0.1, -0.05) is 25.4 Å². The number of aliphatic hydroxyl groups is 1. The molecule has 0 aliphatic heterocycles. The molecule has 0 saturated heterocycles. The molecule has 1 atom stereocenters. The van der Waals surface area contributed by atoms with E-state index in [2.05, 4.69) is 36.0 Å². The predicted molar refractivity (Wildman–Crippen MR) is 93.5 cm³/mol. The lowest BCUT2D eigenvalue weighted by molar-refractivity contribution is 0.248. The molecule has 0 fully saturated rings. The smallest absolute Gasteiger partial charge is 0.227 e. The number of aromatic nitrogens is 5. The number of nitrogens with zero attached hydrogens (tertiary/aromatic N) is 4. The number of anilines is 3. The van der Waals surface area contributed by atoms with Gasteiger partial charge < -0.3 is 15.7 Å². The molecule has 0 bridgehead atoms. The predicted octanol–water partition coefficient (Wildman–Crippen LogP) is 2.57. The number of aromatic amines is 1. The molecule has 9 heteroatoms. The normalized spacial score (nSPS) is 12.5. The topological polar surface area (TPSA) is 112 Å². The van der Waals surface area contributed by atoms with Crippen LogP contribution in [0.3, 0.4) is 0 Å². The van der Waals surface area contributed by atoms with Crippen molar-refractivity contribution in [2.75, 3.05) is 17.2 Å². The van der Waals surface area contributed by atoms with Gasteiger partial charge in [0.15, 0.2) is 11.3 Å². The minimum Gasteiger partial charge on any atom is -0.394 e. The summed E-state index contributed by atoms with van der Waals surface area (Å²) >= 11 is 5.91. The maximum atomic E-state index is 9.48. The first kappa shape index (κ1) is 16.4. The highest BCUT2D eigenvalue weighted by molar-refractivity contribution is 6.30. The van der Waals surface area contributed by atoms with Gasteiger partial charge in [0.1, 0.15) is 0 Å². The third kappa shape index (κ3) is 3.55. The number of benzene rings is 1. The third-order valence-corrected chi connectivity index (χ3v) is 3.86. The molecule has 4 N–H and O–H groups in total. The Morgan fingerprint density at radius 3 is 2.58 bits per heavy atom. The van der Waals surface area contributed by atoms with Crippen LogP contribution in [-0.2, 0) is 0 Å². The zero-order chi connectivity index (χ0) is 17.1. The lowest BCUT2D eigenvalue weighted by atomic mass is 10.1. The van der Waals surface area contributed by atoms with Gasteiger partial charge in [-0.25, -0.2) is 0 Å². The SMILES string of the molecule is CC(C)C(CO)Nc1nc(Nc2ccc(Cl)cc2)c2n[nH]nc2n1. The molecule has 3 rings (SSSR count). The van der Waals surface area contributed by atoms with Gasteiger partial charge in [0, 0.05) is 10.7 Å². The van der Waals surface area contributed by atoms with Gasteiger partial charge >= 0.3 is 0 Å². The Balaban J connectivity index is 1.93. The van der Waals surface area contributed by atoms with E-state index in [1.54, 1.807) is 12.1 Å². The van der Waals surface area contributed by atoms with Gasteiger partial charge in [0.25, 0.3) is 0 Å². The van der Waals surface area contributed by atoms with Crippen molar-refractivity contribution in [1.82, 2.24) is 25.4 Å². The Morgan fingerprint density at radius 2 is 1.92 bits per heavy atom. The van der Waals surface area contributed by atoms with Crippen LogP contribution in [0.5, 0.6) is 0 Å². The largest absolute Gasteiger partial charge is 0.394 e. The fourth-order valence-electron chi connectivity index (χ4n) is 2.16. The van der Waals surface area contributed by atoms with Crippen molar-refractivity contribution in [2.45, 2.75) is 19.9 Å². The number of aliphatic hydroxyl groups excluding tert-OH is 1. The van der Waals surface area contributed by atoms with Crippen molar-refractivity contribution in [3.05, 3.63) is 29.3 Å². The second-order valence-corrected chi connectivity index (χ2v) is 6.14. The van der Waals surface area contributed by atoms with Gasteiger partial charge in [-0.05, 0) is 30.2 Å². The lowest BCUT2D eigenvalue weighted by Crippen LogP contribution is -2.30. The van der Waals surface area contributed by atoms with E-state index in [0.29, 0.717) is 28.0 Å². The molecule has 0 saturated carbocycles. The number of nitrogens with one attached hydrogen (secondary N) is 3. The second kappa shape index (κ2) is 6.98. The number of hydrogen-bond donors (Lipinski definition) is 4. The molecule has 0 amide bonds. The zero-order valence-corrected chi connectivity index (χ0v) is 14.0. The van der Waals surface area contributed by atoms with Gasteiger partial charge in [0.2, 0.25) is 11.6 Å². The molecule has 3 aromatic rings. The minimum absolute atomic E-state index is 0.0160. The van der Waals surface area contributed by atoms with Crippen LogP contribution in [0.25, 0.3) is 11.2 Å². The number of rotatable bonds is 6. The van der Waals surface area contributed by atoms with Crippen LogP contribution in [0, 0.1) is 5.92 Å². The summed E-state index contributed by atoms with van der Waals surface area (Å²) in [5.41, 5.74) is 1.78. The van der Waals surface area contributed by atoms with Gasteiger partial charge in [-0.2, -0.15) is 20.3 Å². The number of fused-ring (bicyclic) bond motifs is 1. The average Bonchev–Trinajstić information content (AvgIpc) is 3.03. The van der Waals surface area contributed by atoms with Crippen LogP contribution in [0.4, 0.5) is 17.5 Å². The summed E-state index contributed by atoms with van der Waals surface area (Å²) in [6.45, 7) is 4.00. The number of hydrogen-bond acceptors (Lipinski definition) is 7. The van der Waals surface area contributed by atoms with E-state index in [4.69, 9.17) is 11.6 Å². The zero-order valence-electron chi connectivity index (χ0n) is 13.3. The first-order valence-electron chi connectivity index (χ1n) is 7.55. The second-order valence-electron chi connectivity index (χ2n) is 5.70. The Kier molecular flexibility index (Phi) is 4.77. The molecule has 2 aromatic heterocycles. The summed E-state index contributed by atoms with van der Waals surface area (Å²) < 4.78 is 0. The molecular weight excluding hydrogens is 330 g/mol. The van der Waals surface area contributed by atoms with E-state index in [1.165, 1.54) is 0 Å². The van der Waals surface area contributed by atoms with Crippen molar-refractivity contribution in [3.8, 4) is 0 Å². The summed E-state index contributed by atoms with van der Waals surface area (Å²) in [5.74, 6) is 1.11. The highest BCUT2D eigenvalue weighted by Gasteiger charge is 2.16. The molecule has 1 unspecified atom stereocenters. The molecule has 1 aromatic carbocycles. The third-order valence-electron chi connectivity index (χ3n) is 3.61. The van der Waals surface area contributed by atoms with E-state index in [-0.39, 0.29) is 18.6 Å². The number of H-pyrrole nitrogens is 1. The number of halogens is 1. The summed E-state index contributed by atoms with van der Waals surface area (Å²) in [4.78, 5) is 8.78. The molecule has 0 aliphatic rings. The standard InChI is InChI=1S/C15H18ClN7O/c1-8(2)11(7-24)18-15-19-13(12-14(20-15)22-23-21-12)17-10-5-3-9(16)4-6-10/h3-6,8,11,24H,7H2,1-2H3,(H3,17,18,19,20,21,22,23). The maximum Gasteiger partial charge on any atom is 0.227 e. The van der Waals surface area contributed by atoms with E-state index in [0.717, 1.165) is 5.69 Å². The van der Waals surface area contributed by atoms with E-state index < -0.39 is 0 Å². The Morgan fingerprint density at radius 1 is 1.17 bits per heavy atom. The van der Waals surface area contributed by atoms with E-state index in [1.807, 2.05) is 26.0 Å². The van der Waals surface area contributed by atoms with Crippen molar-refractivity contribution < 1.29 is 5.11 Å². The van der Waals surface area contributed by atoms with Crippen LogP contribution >= 0.6 is 11.6 Å². The molecule has 0 spiro atoms. The Labute approximate surface area is 143 Å². The summed E-state index contributed by atoms with van der Waals surface area (Å²) in [6.07, 6.45) is 0. The fourth-order valence-corrected chi connectivity index (χ4v) is 2.28. The molecule has 0 aliphatic carbocycles. The first-order chi connectivity index (χ1) is 11.6.